The topological polar surface area (TPSA) is 431 Å². The molecule has 0 saturated heterocycles. The fourth-order valence-corrected chi connectivity index (χ4v) is 6.32. The first kappa shape index (κ1) is 58.3. The predicted molar refractivity (Wildman–Crippen MR) is 238 cm³/mol. The molecule has 0 spiro atoms. The van der Waals surface area contributed by atoms with Crippen molar-refractivity contribution in [3.8, 4) is 0 Å². The Hall–Kier alpha value is -6.70. The Morgan fingerprint density at radius 3 is 1.73 bits per heavy atom. The molecule has 67 heavy (non-hydrogen) atoms. The van der Waals surface area contributed by atoms with Gasteiger partial charge in [-0.05, 0) is 50.0 Å². The second kappa shape index (κ2) is 29.8. The number of H-pyrrole nitrogens is 1. The van der Waals surface area contributed by atoms with Crippen molar-refractivity contribution in [1.82, 2.24) is 52.5 Å². The third-order valence-corrected chi connectivity index (χ3v) is 10.2. The maximum absolute atomic E-state index is 14.0. The minimum atomic E-state index is -1.62. The number of amides is 9. The first-order valence-electron chi connectivity index (χ1n) is 21.9. The van der Waals surface area contributed by atoms with Crippen LogP contribution in [0.2, 0.25) is 0 Å². The first-order valence-corrected chi connectivity index (χ1v) is 21.9. The van der Waals surface area contributed by atoms with Crippen molar-refractivity contribution in [1.29, 1.82) is 0 Å². The normalized spacial score (nSPS) is 14.7. The van der Waals surface area contributed by atoms with Crippen LogP contribution in [-0.2, 0) is 59.2 Å². The number of aromatic nitrogens is 2. The number of hydrogen-bond acceptors (Lipinski definition) is 14. The number of primary amides is 1. The average Bonchev–Trinajstić information content (AvgIpc) is 3.76. The molecule has 9 amide bonds. The largest absolute Gasteiger partial charge is 0.481 e. The van der Waals surface area contributed by atoms with E-state index in [9.17, 15) is 57.8 Å². The highest BCUT2D eigenvalue weighted by atomic mass is 16.4. The van der Waals surface area contributed by atoms with Crippen LogP contribution in [0.4, 0.5) is 0 Å². The van der Waals surface area contributed by atoms with E-state index in [-0.39, 0.29) is 25.2 Å². The molecule has 1 aromatic heterocycles. The number of unbranched alkanes of at least 4 members (excludes halogenated alkanes) is 1. The monoisotopic (exact) mass is 952 g/mol. The van der Waals surface area contributed by atoms with Gasteiger partial charge in [0.15, 0.2) is 0 Å². The van der Waals surface area contributed by atoms with Crippen molar-refractivity contribution in [2.45, 2.75) is 135 Å². The second-order valence-electron chi connectivity index (χ2n) is 16.8. The number of carbonyl (C=O) groups excluding carboxylic acids is 9. The number of rotatable bonds is 32. The van der Waals surface area contributed by atoms with E-state index in [2.05, 4.69) is 52.5 Å². The molecule has 0 aromatic carbocycles. The highest BCUT2D eigenvalue weighted by Gasteiger charge is 2.36. The van der Waals surface area contributed by atoms with E-state index in [4.69, 9.17) is 22.3 Å². The van der Waals surface area contributed by atoms with Crippen LogP contribution in [0.25, 0.3) is 0 Å². The molecule has 26 nitrogen and oxygen atoms in total. The molecule has 8 atom stereocenters. The van der Waals surface area contributed by atoms with Gasteiger partial charge in [-0.15, -0.1) is 0 Å². The summed E-state index contributed by atoms with van der Waals surface area (Å²) < 4.78 is 0. The van der Waals surface area contributed by atoms with Crippen LogP contribution in [0.5, 0.6) is 0 Å². The molecular weight excluding hydrogens is 883 g/mol. The molecule has 0 aliphatic carbocycles. The zero-order chi connectivity index (χ0) is 51.0. The Bertz CT molecular complexity index is 1860. The minimum absolute atomic E-state index is 0.0611. The van der Waals surface area contributed by atoms with Crippen LogP contribution < -0.4 is 59.7 Å². The third kappa shape index (κ3) is 22.4. The van der Waals surface area contributed by atoms with E-state index in [1.165, 1.54) is 12.5 Å². The summed E-state index contributed by atoms with van der Waals surface area (Å²) in [5, 5.41) is 37.9. The van der Waals surface area contributed by atoms with Crippen LogP contribution >= 0.6 is 0 Å². The van der Waals surface area contributed by atoms with Crippen LogP contribution in [-0.4, -0.2) is 147 Å². The van der Waals surface area contributed by atoms with Crippen LogP contribution in [0.1, 0.15) is 92.2 Å². The molecule has 1 heterocycles. The number of aromatic amines is 1. The highest BCUT2D eigenvalue weighted by Crippen LogP contribution is 2.13. The summed E-state index contributed by atoms with van der Waals surface area (Å²) in [5.41, 5.74) is 16.8. The van der Waals surface area contributed by atoms with Crippen molar-refractivity contribution in [3.05, 3.63) is 18.2 Å². The van der Waals surface area contributed by atoms with E-state index in [0.29, 0.717) is 31.5 Å². The van der Waals surface area contributed by atoms with Gasteiger partial charge in [-0.3, -0.25) is 47.9 Å². The molecule has 376 valence electrons. The van der Waals surface area contributed by atoms with Gasteiger partial charge in [0, 0.05) is 18.3 Å². The van der Waals surface area contributed by atoms with Crippen molar-refractivity contribution in [3.63, 3.8) is 0 Å². The van der Waals surface area contributed by atoms with Gasteiger partial charge < -0.3 is 74.9 Å². The number of nitrogens with zero attached hydrogens (tertiary/aromatic N) is 1. The fourth-order valence-electron chi connectivity index (χ4n) is 6.32. The van der Waals surface area contributed by atoms with Crippen molar-refractivity contribution < 1.29 is 63.0 Å². The molecule has 1 aromatic rings. The molecule has 17 N–H and O–H groups in total. The van der Waals surface area contributed by atoms with E-state index < -0.39 is 145 Å². The van der Waals surface area contributed by atoms with Crippen molar-refractivity contribution >= 4 is 65.1 Å². The van der Waals surface area contributed by atoms with Crippen LogP contribution in [0.3, 0.4) is 0 Å². The Morgan fingerprint density at radius 1 is 0.672 bits per heavy atom. The number of carbonyl (C=O) groups is 11. The second-order valence-corrected chi connectivity index (χ2v) is 16.8. The minimum Gasteiger partial charge on any atom is -0.481 e. The maximum Gasteiger partial charge on any atom is 0.326 e. The molecule has 0 aliphatic rings. The first-order chi connectivity index (χ1) is 31.4. The highest BCUT2D eigenvalue weighted by molar-refractivity contribution is 5.98. The Balaban J connectivity index is 3.24. The standard InChI is InChI=1S/C41H69N13O13/c1-7-22(6)34(40(65)53-33(21(4)5)39(64)52-28(15-29(44)55)36(61)47-18-30(56)49-25(41(66)67)10-8-9-11-42)54-38(63)26(12-20(2)3)51-37(62)27(13-23-16-45-19-48-23)50-31(57)17-46-35(60)24(43)14-32(58)59/h16,19-22,24-28,33-34H,7-15,17-18,42-43H2,1-6H3,(H2,44,55)(H,45,48)(H,46,60)(H,47,61)(H,49,56)(H,50,57)(H,51,62)(H,52,64)(H,53,65)(H,54,63)(H,58,59)(H,66,67)/t22-,24-,25-,26-,27-,28-,33-,34-/m0/s1. The lowest BCUT2D eigenvalue weighted by atomic mass is 9.95. The molecule has 0 aliphatic heterocycles. The fraction of sp³-hybridized carbons (Fsp3) is 0.659. The number of nitrogens with one attached hydrogen (secondary N) is 9. The summed E-state index contributed by atoms with van der Waals surface area (Å²) in [5.74, 6) is -12.0. The summed E-state index contributed by atoms with van der Waals surface area (Å²) in [4.78, 5) is 148. The van der Waals surface area contributed by atoms with E-state index in [1.54, 1.807) is 41.5 Å². The summed E-state index contributed by atoms with van der Waals surface area (Å²) in [6.07, 6.45) is 2.64. The van der Waals surface area contributed by atoms with Gasteiger partial charge in [0.1, 0.15) is 36.3 Å². The SMILES string of the molecule is CC[C@H](C)[C@H](NC(=O)[C@H](CC(C)C)NC(=O)[C@H](Cc1cnc[nH]1)NC(=O)CNC(=O)[C@@H](N)CC(=O)O)C(=O)N[C@H](C(=O)N[C@@H](CC(N)=O)C(=O)NCC(=O)N[C@@H](CCCCN)C(=O)O)C(C)C. The summed E-state index contributed by atoms with van der Waals surface area (Å²) >= 11 is 0. The van der Waals surface area contributed by atoms with Gasteiger partial charge in [-0.2, -0.15) is 0 Å². The molecule has 0 saturated carbocycles. The lowest BCUT2D eigenvalue weighted by Crippen LogP contribution is -2.61. The smallest absolute Gasteiger partial charge is 0.326 e. The summed E-state index contributed by atoms with van der Waals surface area (Å²) in [7, 11) is 0. The van der Waals surface area contributed by atoms with E-state index in [0.717, 1.165) is 0 Å². The van der Waals surface area contributed by atoms with E-state index in [1.807, 2.05) is 0 Å². The quantitative estimate of drug-likeness (QED) is 0.0304. The Labute approximate surface area is 388 Å². The molecule has 0 fully saturated rings. The molecule has 0 bridgehead atoms. The number of imidazole rings is 1. The predicted octanol–water partition coefficient (Wildman–Crippen LogP) is -4.27. The zero-order valence-corrected chi connectivity index (χ0v) is 38.8. The number of carboxylic acid groups (broad SMARTS) is 2. The summed E-state index contributed by atoms with van der Waals surface area (Å²) in [6, 6.07) is -9.57. The van der Waals surface area contributed by atoms with Gasteiger partial charge in [0.2, 0.25) is 53.2 Å². The maximum atomic E-state index is 14.0. The lowest BCUT2D eigenvalue weighted by Gasteiger charge is -2.30. The average molecular weight is 952 g/mol. The Kier molecular flexibility index (Phi) is 25.9. The molecular formula is C41H69N13O13. The van der Waals surface area contributed by atoms with Gasteiger partial charge in [-0.25, -0.2) is 9.78 Å². The summed E-state index contributed by atoms with van der Waals surface area (Å²) in [6.45, 7) is 9.07. The van der Waals surface area contributed by atoms with Crippen molar-refractivity contribution in [2.24, 2.45) is 35.0 Å². The number of carboxylic acids is 2. The van der Waals surface area contributed by atoms with Gasteiger partial charge in [-0.1, -0.05) is 48.0 Å². The number of nitrogens with two attached hydrogens (primary N) is 3. The van der Waals surface area contributed by atoms with Crippen LogP contribution in [0.15, 0.2) is 12.5 Å². The van der Waals surface area contributed by atoms with Gasteiger partial charge in [0.25, 0.3) is 0 Å². The van der Waals surface area contributed by atoms with Gasteiger partial charge >= 0.3 is 11.9 Å². The molecule has 1 rings (SSSR count). The number of aliphatic carboxylic acids is 2. The molecule has 0 unspecified atom stereocenters. The zero-order valence-electron chi connectivity index (χ0n) is 38.8. The molecule has 26 heteroatoms. The van der Waals surface area contributed by atoms with Gasteiger partial charge in [0.05, 0.1) is 38.3 Å². The lowest BCUT2D eigenvalue weighted by molar-refractivity contribution is -0.142. The molecule has 0 radical (unpaired) electrons. The van der Waals surface area contributed by atoms with Crippen molar-refractivity contribution in [2.75, 3.05) is 19.6 Å². The Morgan fingerprint density at radius 2 is 1.22 bits per heavy atom. The third-order valence-electron chi connectivity index (χ3n) is 10.2. The van der Waals surface area contributed by atoms with Crippen LogP contribution in [0, 0.1) is 17.8 Å². The number of hydrogen-bond donors (Lipinski definition) is 14. The van der Waals surface area contributed by atoms with E-state index >= 15 is 0 Å².